The predicted octanol–water partition coefficient (Wildman–Crippen LogP) is -1.23. The van der Waals surface area contributed by atoms with Crippen LogP contribution in [0.15, 0.2) is 0 Å². The van der Waals surface area contributed by atoms with Gasteiger partial charge in [0.25, 0.3) is 0 Å². The quantitative estimate of drug-likeness (QED) is 0.553. The molecule has 5 heteroatoms. The van der Waals surface area contributed by atoms with Crippen molar-refractivity contribution in [3.05, 3.63) is 0 Å². The molecule has 2 atom stereocenters. The zero-order valence-electron chi connectivity index (χ0n) is 5.98. The van der Waals surface area contributed by atoms with Gasteiger partial charge in [-0.1, -0.05) is 0 Å². The van der Waals surface area contributed by atoms with Gasteiger partial charge >= 0.3 is 0 Å². The Morgan fingerprint density at radius 3 is 1.90 bits per heavy atom. The van der Waals surface area contributed by atoms with Gasteiger partial charge in [0.05, 0.1) is 12.7 Å². The van der Waals surface area contributed by atoms with Crippen molar-refractivity contribution in [2.24, 2.45) is 0 Å². The van der Waals surface area contributed by atoms with E-state index in [0.717, 1.165) is 6.26 Å². The molecule has 0 bridgehead atoms. The molecule has 0 aromatic rings. The lowest BCUT2D eigenvalue weighted by Gasteiger charge is -2.13. The largest absolute Gasteiger partial charge is 0.395 e. The third-order valence-electron chi connectivity index (χ3n) is 1.27. The average molecular weight is 168 g/mol. The number of hydrogen-bond donors (Lipinski definition) is 2. The normalized spacial score (nSPS) is 18.4. The Bertz CT molecular complexity index is 182. The fraction of sp³-hybridized carbons (Fsp3) is 1.00. The summed E-state index contributed by atoms with van der Waals surface area (Å²) in [5.41, 5.74) is 0. The maximum absolute atomic E-state index is 10.7. The van der Waals surface area contributed by atoms with Crippen molar-refractivity contribution in [1.82, 2.24) is 0 Å². The summed E-state index contributed by atoms with van der Waals surface area (Å²) in [7, 11) is -3.31. The average Bonchev–Trinajstić information content (AvgIpc) is 1.60. The van der Waals surface area contributed by atoms with Gasteiger partial charge in [-0.05, 0) is 6.92 Å². The van der Waals surface area contributed by atoms with E-state index in [9.17, 15) is 8.42 Å². The molecule has 0 heterocycles. The standard InChI is InChI=1S/C5H12O4S/c1-4(7)5(3-6)10(2,8)9/h4-7H,3H2,1-2H3/t4-,5+/m1/s1. The fourth-order valence-electron chi connectivity index (χ4n) is 0.646. The molecule has 0 aliphatic rings. The van der Waals surface area contributed by atoms with Gasteiger partial charge in [0, 0.05) is 6.26 Å². The fourth-order valence-corrected chi connectivity index (χ4v) is 1.63. The summed E-state index contributed by atoms with van der Waals surface area (Å²) in [6.07, 6.45) is -0.0272. The molecule has 0 fully saturated rings. The zero-order valence-corrected chi connectivity index (χ0v) is 6.80. The predicted molar refractivity (Wildman–Crippen MR) is 37.4 cm³/mol. The van der Waals surface area contributed by atoms with Gasteiger partial charge in [-0.15, -0.1) is 0 Å². The molecule has 0 radical (unpaired) electrons. The first-order valence-corrected chi connectivity index (χ1v) is 4.83. The maximum Gasteiger partial charge on any atom is 0.155 e. The molecule has 0 amide bonds. The molecule has 0 aliphatic heterocycles. The first-order chi connectivity index (χ1) is 4.39. The van der Waals surface area contributed by atoms with Crippen molar-refractivity contribution in [3.63, 3.8) is 0 Å². The molecule has 0 aromatic carbocycles. The van der Waals surface area contributed by atoms with Crippen LogP contribution in [0.2, 0.25) is 0 Å². The van der Waals surface area contributed by atoms with Crippen LogP contribution in [-0.4, -0.2) is 42.8 Å². The van der Waals surface area contributed by atoms with Gasteiger partial charge in [0.2, 0.25) is 0 Å². The Hall–Kier alpha value is -0.130. The summed E-state index contributed by atoms with van der Waals surface area (Å²) in [5, 5.41) is 16.3. The van der Waals surface area contributed by atoms with Crippen molar-refractivity contribution < 1.29 is 18.6 Å². The van der Waals surface area contributed by atoms with Crippen LogP contribution in [-0.2, 0) is 9.84 Å². The van der Waals surface area contributed by atoms with E-state index in [0.29, 0.717) is 0 Å². The SMILES string of the molecule is C[C@@H](O)[C@H](CO)S(C)(=O)=O. The van der Waals surface area contributed by atoms with Gasteiger partial charge in [0.15, 0.2) is 9.84 Å². The van der Waals surface area contributed by atoms with Crippen LogP contribution in [0.4, 0.5) is 0 Å². The summed E-state index contributed by atoms with van der Waals surface area (Å²) < 4.78 is 21.4. The highest BCUT2D eigenvalue weighted by atomic mass is 32.2. The second-order valence-corrected chi connectivity index (χ2v) is 4.56. The molecular weight excluding hydrogens is 156 g/mol. The van der Waals surface area contributed by atoms with Crippen LogP contribution < -0.4 is 0 Å². The smallest absolute Gasteiger partial charge is 0.155 e. The van der Waals surface area contributed by atoms with Crippen molar-refractivity contribution in [3.8, 4) is 0 Å². The Morgan fingerprint density at radius 1 is 1.50 bits per heavy atom. The minimum Gasteiger partial charge on any atom is -0.395 e. The molecule has 0 saturated heterocycles. The molecule has 10 heavy (non-hydrogen) atoms. The van der Waals surface area contributed by atoms with Gasteiger partial charge in [-0.25, -0.2) is 8.42 Å². The topological polar surface area (TPSA) is 74.6 Å². The summed E-state index contributed by atoms with van der Waals surface area (Å²) in [5.74, 6) is 0. The zero-order chi connectivity index (χ0) is 8.36. The monoisotopic (exact) mass is 168 g/mol. The Labute approximate surface area is 60.4 Å². The van der Waals surface area contributed by atoms with Crippen LogP contribution in [0.5, 0.6) is 0 Å². The van der Waals surface area contributed by atoms with E-state index < -0.39 is 27.8 Å². The highest BCUT2D eigenvalue weighted by molar-refractivity contribution is 7.91. The van der Waals surface area contributed by atoms with E-state index in [-0.39, 0.29) is 0 Å². The molecule has 0 aliphatic carbocycles. The third kappa shape index (κ3) is 2.64. The minimum atomic E-state index is -3.31. The van der Waals surface area contributed by atoms with E-state index in [1.54, 1.807) is 0 Å². The lowest BCUT2D eigenvalue weighted by Crippen LogP contribution is -2.34. The Morgan fingerprint density at radius 2 is 1.90 bits per heavy atom. The summed E-state index contributed by atoms with van der Waals surface area (Å²) >= 11 is 0. The van der Waals surface area contributed by atoms with E-state index >= 15 is 0 Å². The van der Waals surface area contributed by atoms with E-state index in [2.05, 4.69) is 0 Å². The molecule has 4 nitrogen and oxygen atoms in total. The molecule has 2 N–H and O–H groups in total. The molecule has 0 unspecified atom stereocenters. The lowest BCUT2D eigenvalue weighted by atomic mass is 10.3. The number of aliphatic hydroxyl groups is 2. The molecular formula is C5H12O4S. The first kappa shape index (κ1) is 9.87. The van der Waals surface area contributed by atoms with Crippen molar-refractivity contribution in [2.75, 3.05) is 12.9 Å². The van der Waals surface area contributed by atoms with Crippen molar-refractivity contribution in [1.29, 1.82) is 0 Å². The van der Waals surface area contributed by atoms with Crippen LogP contribution in [0.1, 0.15) is 6.92 Å². The second kappa shape index (κ2) is 3.32. The van der Waals surface area contributed by atoms with E-state index in [1.165, 1.54) is 6.92 Å². The number of sulfone groups is 1. The van der Waals surface area contributed by atoms with Crippen LogP contribution >= 0.6 is 0 Å². The summed E-state index contributed by atoms with van der Waals surface area (Å²) in [6.45, 7) is 0.804. The van der Waals surface area contributed by atoms with Crippen molar-refractivity contribution >= 4 is 9.84 Å². The van der Waals surface area contributed by atoms with Crippen LogP contribution in [0.3, 0.4) is 0 Å². The van der Waals surface area contributed by atoms with Gasteiger partial charge in [0.1, 0.15) is 5.25 Å². The molecule has 0 aromatic heterocycles. The summed E-state index contributed by atoms with van der Waals surface area (Å²) in [6, 6.07) is 0. The molecule has 0 spiro atoms. The van der Waals surface area contributed by atoms with Gasteiger partial charge in [-0.3, -0.25) is 0 Å². The lowest BCUT2D eigenvalue weighted by molar-refractivity contribution is 0.152. The number of rotatable bonds is 3. The van der Waals surface area contributed by atoms with Crippen LogP contribution in [0, 0.1) is 0 Å². The third-order valence-corrected chi connectivity index (χ3v) is 2.91. The van der Waals surface area contributed by atoms with E-state index in [4.69, 9.17) is 10.2 Å². The first-order valence-electron chi connectivity index (χ1n) is 2.87. The highest BCUT2D eigenvalue weighted by Crippen LogP contribution is 2.02. The van der Waals surface area contributed by atoms with Gasteiger partial charge < -0.3 is 10.2 Å². The Balaban J connectivity index is 4.38. The number of aliphatic hydroxyl groups excluding tert-OH is 2. The van der Waals surface area contributed by atoms with E-state index in [1.807, 2.05) is 0 Å². The number of hydrogen-bond acceptors (Lipinski definition) is 4. The minimum absolute atomic E-state index is 0.531. The maximum atomic E-state index is 10.7. The molecule has 0 saturated carbocycles. The van der Waals surface area contributed by atoms with Crippen LogP contribution in [0.25, 0.3) is 0 Å². The molecule has 62 valence electrons. The second-order valence-electron chi connectivity index (χ2n) is 2.29. The molecule has 0 rings (SSSR count). The Kier molecular flexibility index (Phi) is 3.27. The summed E-state index contributed by atoms with van der Waals surface area (Å²) in [4.78, 5) is 0. The van der Waals surface area contributed by atoms with Gasteiger partial charge in [-0.2, -0.15) is 0 Å². The highest BCUT2D eigenvalue weighted by Gasteiger charge is 2.24. The van der Waals surface area contributed by atoms with Crippen molar-refractivity contribution in [2.45, 2.75) is 18.3 Å².